The largest absolute Gasteiger partial charge is 0.456 e. The highest BCUT2D eigenvalue weighted by Crippen LogP contribution is 2.33. The van der Waals surface area contributed by atoms with Gasteiger partial charge in [0.15, 0.2) is 0 Å². The highest BCUT2D eigenvalue weighted by atomic mass is 16.3. The van der Waals surface area contributed by atoms with E-state index in [1.54, 1.807) is 11.9 Å². The first-order valence-corrected chi connectivity index (χ1v) is 8.10. The number of anilines is 1. The minimum Gasteiger partial charge on any atom is -0.456 e. The number of hydrogen-bond acceptors (Lipinski definition) is 3. The molecule has 0 fully saturated rings. The molecular formula is C21H14N2O2. The molecule has 0 radical (unpaired) electrons. The molecule has 5 rings (SSSR count). The number of benzene rings is 3. The third kappa shape index (κ3) is 2.01. The van der Waals surface area contributed by atoms with E-state index in [0.717, 1.165) is 38.9 Å². The maximum atomic E-state index is 12.6. The second-order valence-corrected chi connectivity index (χ2v) is 6.12. The predicted octanol–water partition coefficient (Wildman–Crippen LogP) is 4.68. The molecule has 0 atom stereocenters. The molecule has 0 N–H and O–H groups in total. The quantitative estimate of drug-likeness (QED) is 0.510. The van der Waals surface area contributed by atoms with Crippen LogP contribution in [0.2, 0.25) is 0 Å². The average Bonchev–Trinajstić information content (AvgIpc) is 3.13. The number of amides is 1. The van der Waals surface area contributed by atoms with Gasteiger partial charge in [-0.1, -0.05) is 36.4 Å². The van der Waals surface area contributed by atoms with Crippen LogP contribution >= 0.6 is 0 Å². The van der Waals surface area contributed by atoms with Crippen LogP contribution in [0.25, 0.3) is 21.9 Å². The number of furan rings is 1. The normalized spacial score (nSPS) is 15.5. The molecule has 2 heterocycles. The SMILES string of the molecule is CN1C(=O)C(=Nc2ccc3oc4ccccc4c3c2)c2ccccc21. The van der Waals surface area contributed by atoms with Crippen molar-refractivity contribution in [2.45, 2.75) is 0 Å². The van der Waals surface area contributed by atoms with E-state index < -0.39 is 0 Å². The van der Waals surface area contributed by atoms with Crippen LogP contribution in [-0.2, 0) is 4.79 Å². The van der Waals surface area contributed by atoms with Crippen LogP contribution in [0, 0.1) is 0 Å². The summed E-state index contributed by atoms with van der Waals surface area (Å²) in [7, 11) is 1.77. The van der Waals surface area contributed by atoms with Crippen molar-refractivity contribution in [3.8, 4) is 0 Å². The number of hydrogen-bond donors (Lipinski definition) is 0. The zero-order chi connectivity index (χ0) is 17.0. The number of fused-ring (bicyclic) bond motifs is 4. The molecule has 4 heteroatoms. The number of rotatable bonds is 1. The van der Waals surface area contributed by atoms with E-state index in [1.165, 1.54) is 0 Å². The Hall–Kier alpha value is -3.40. The third-order valence-electron chi connectivity index (χ3n) is 4.63. The molecule has 4 aromatic rings. The molecule has 3 aromatic carbocycles. The van der Waals surface area contributed by atoms with E-state index >= 15 is 0 Å². The van der Waals surface area contributed by atoms with Crippen molar-refractivity contribution in [1.29, 1.82) is 0 Å². The van der Waals surface area contributed by atoms with Crippen molar-refractivity contribution in [3.63, 3.8) is 0 Å². The van der Waals surface area contributed by atoms with E-state index in [9.17, 15) is 4.79 Å². The molecule has 1 amide bonds. The summed E-state index contributed by atoms with van der Waals surface area (Å²) in [5.41, 5.74) is 4.65. The summed E-state index contributed by atoms with van der Waals surface area (Å²) in [5, 5.41) is 2.05. The van der Waals surface area contributed by atoms with Gasteiger partial charge >= 0.3 is 0 Å². The van der Waals surface area contributed by atoms with Crippen LogP contribution in [-0.4, -0.2) is 18.7 Å². The fraction of sp³-hybridized carbons (Fsp3) is 0.0476. The molecule has 0 spiro atoms. The molecule has 4 nitrogen and oxygen atoms in total. The minimum absolute atomic E-state index is 0.0849. The Kier molecular flexibility index (Phi) is 2.82. The van der Waals surface area contributed by atoms with Gasteiger partial charge < -0.3 is 9.32 Å². The van der Waals surface area contributed by atoms with Crippen LogP contribution in [0.1, 0.15) is 5.56 Å². The minimum atomic E-state index is -0.0849. The van der Waals surface area contributed by atoms with Crippen LogP contribution in [0.4, 0.5) is 11.4 Å². The van der Waals surface area contributed by atoms with Crippen molar-refractivity contribution in [1.82, 2.24) is 0 Å². The van der Waals surface area contributed by atoms with Gasteiger partial charge in [-0.3, -0.25) is 4.79 Å². The molecule has 0 unspecified atom stereocenters. The van der Waals surface area contributed by atoms with Crippen molar-refractivity contribution in [2.24, 2.45) is 4.99 Å². The fourth-order valence-electron chi connectivity index (χ4n) is 3.37. The number of para-hydroxylation sites is 2. The lowest BCUT2D eigenvalue weighted by molar-refractivity contribution is -0.111. The molecular weight excluding hydrogens is 312 g/mol. The van der Waals surface area contributed by atoms with Gasteiger partial charge in [-0.05, 0) is 30.3 Å². The van der Waals surface area contributed by atoms with Crippen molar-refractivity contribution in [3.05, 3.63) is 72.3 Å². The second-order valence-electron chi connectivity index (χ2n) is 6.12. The van der Waals surface area contributed by atoms with Crippen molar-refractivity contribution < 1.29 is 9.21 Å². The lowest BCUT2D eigenvalue weighted by Crippen LogP contribution is -2.25. The third-order valence-corrected chi connectivity index (χ3v) is 4.63. The number of carbonyl (C=O) groups excluding carboxylic acids is 1. The van der Waals surface area contributed by atoms with E-state index in [-0.39, 0.29) is 5.91 Å². The summed E-state index contributed by atoms with van der Waals surface area (Å²) in [6.45, 7) is 0. The Morgan fingerprint density at radius 3 is 2.56 bits per heavy atom. The summed E-state index contributed by atoms with van der Waals surface area (Å²) in [5.74, 6) is -0.0849. The summed E-state index contributed by atoms with van der Waals surface area (Å²) in [6.07, 6.45) is 0. The summed E-state index contributed by atoms with van der Waals surface area (Å²) in [4.78, 5) is 18.9. The maximum absolute atomic E-state index is 12.6. The molecule has 1 aliphatic heterocycles. The van der Waals surface area contributed by atoms with Gasteiger partial charge in [0, 0.05) is 23.4 Å². The smallest absolute Gasteiger partial charge is 0.277 e. The summed E-state index contributed by atoms with van der Waals surface area (Å²) < 4.78 is 5.85. The van der Waals surface area contributed by atoms with Crippen molar-refractivity contribution in [2.75, 3.05) is 11.9 Å². The van der Waals surface area contributed by atoms with Gasteiger partial charge in [0.05, 0.1) is 11.4 Å². The van der Waals surface area contributed by atoms with Gasteiger partial charge in [0.25, 0.3) is 5.91 Å². The number of likely N-dealkylation sites (N-methyl/N-ethyl adjacent to an activating group) is 1. The van der Waals surface area contributed by atoms with E-state index in [2.05, 4.69) is 4.99 Å². The van der Waals surface area contributed by atoms with Gasteiger partial charge in [-0.15, -0.1) is 0 Å². The van der Waals surface area contributed by atoms with Crippen LogP contribution in [0.5, 0.6) is 0 Å². The molecule has 0 saturated heterocycles. The highest BCUT2D eigenvalue weighted by molar-refractivity contribution is 6.54. The first kappa shape index (κ1) is 14.0. The maximum Gasteiger partial charge on any atom is 0.277 e. The molecule has 1 aliphatic rings. The zero-order valence-corrected chi connectivity index (χ0v) is 13.6. The summed E-state index contributed by atoms with van der Waals surface area (Å²) >= 11 is 0. The molecule has 120 valence electrons. The molecule has 0 bridgehead atoms. The average molecular weight is 326 g/mol. The van der Waals surface area contributed by atoms with Gasteiger partial charge in [0.2, 0.25) is 0 Å². The first-order valence-electron chi connectivity index (χ1n) is 8.10. The topological polar surface area (TPSA) is 45.8 Å². The molecule has 0 aliphatic carbocycles. The number of carbonyl (C=O) groups is 1. The second kappa shape index (κ2) is 5.05. The lowest BCUT2D eigenvalue weighted by Gasteiger charge is -2.07. The zero-order valence-electron chi connectivity index (χ0n) is 13.6. The summed E-state index contributed by atoms with van der Waals surface area (Å²) in [6, 6.07) is 21.4. The first-order chi connectivity index (χ1) is 12.2. The Morgan fingerprint density at radius 2 is 1.64 bits per heavy atom. The standard InChI is InChI=1S/C21H14N2O2/c1-23-17-8-4-2-7-15(17)20(21(23)24)22-13-10-11-19-16(12-13)14-6-3-5-9-18(14)25-19/h2-12H,1H3. The Bertz CT molecular complexity index is 1190. The van der Waals surface area contributed by atoms with E-state index in [0.29, 0.717) is 5.71 Å². The fourth-order valence-corrected chi connectivity index (χ4v) is 3.37. The van der Waals surface area contributed by atoms with Gasteiger partial charge in [-0.25, -0.2) is 4.99 Å². The molecule has 25 heavy (non-hydrogen) atoms. The Morgan fingerprint density at radius 1 is 0.880 bits per heavy atom. The predicted molar refractivity (Wildman–Crippen MR) is 99.8 cm³/mol. The van der Waals surface area contributed by atoms with E-state index in [4.69, 9.17) is 4.42 Å². The number of aliphatic imine (C=N–C) groups is 1. The molecule has 1 aromatic heterocycles. The Labute approximate surface area is 144 Å². The van der Waals surface area contributed by atoms with Crippen molar-refractivity contribution >= 4 is 44.9 Å². The monoisotopic (exact) mass is 326 g/mol. The van der Waals surface area contributed by atoms with E-state index in [1.807, 2.05) is 66.7 Å². The van der Waals surface area contributed by atoms with Gasteiger partial charge in [0.1, 0.15) is 16.9 Å². The molecule has 0 saturated carbocycles. The van der Waals surface area contributed by atoms with Gasteiger partial charge in [-0.2, -0.15) is 0 Å². The van der Waals surface area contributed by atoms with Crippen LogP contribution in [0.3, 0.4) is 0 Å². The Balaban J connectivity index is 1.70. The number of nitrogens with zero attached hydrogens (tertiary/aromatic N) is 2. The van der Waals surface area contributed by atoms with Crippen LogP contribution in [0.15, 0.2) is 76.1 Å². The van der Waals surface area contributed by atoms with Crippen LogP contribution < -0.4 is 4.90 Å². The highest BCUT2D eigenvalue weighted by Gasteiger charge is 2.30. The lowest BCUT2D eigenvalue weighted by atomic mass is 10.1.